The van der Waals surface area contributed by atoms with E-state index in [2.05, 4.69) is 41.3 Å². The summed E-state index contributed by atoms with van der Waals surface area (Å²) in [7, 11) is 0. The van der Waals surface area contributed by atoms with Crippen molar-refractivity contribution in [2.75, 3.05) is 0 Å². The maximum absolute atomic E-state index is 4.32. The zero-order valence-corrected chi connectivity index (χ0v) is 10.2. The number of rotatable bonds is 2. The first-order chi connectivity index (χ1) is 8.33. The number of aromatic nitrogens is 3. The van der Waals surface area contributed by atoms with Crippen LogP contribution in [0.2, 0.25) is 0 Å². The van der Waals surface area contributed by atoms with Gasteiger partial charge in [0.25, 0.3) is 0 Å². The summed E-state index contributed by atoms with van der Waals surface area (Å²) in [6.07, 6.45) is 5.66. The molecule has 3 aromatic rings. The number of hydrogen-bond donors (Lipinski definition) is 0. The zero-order valence-electron chi connectivity index (χ0n) is 9.37. The second-order valence-corrected chi connectivity index (χ2v) is 4.73. The quantitative estimate of drug-likeness (QED) is 0.689. The lowest BCUT2D eigenvalue weighted by atomic mass is 10.1. The highest BCUT2D eigenvalue weighted by Crippen LogP contribution is 2.21. The van der Waals surface area contributed by atoms with Crippen LogP contribution < -0.4 is 0 Å². The van der Waals surface area contributed by atoms with Gasteiger partial charge in [-0.1, -0.05) is 29.8 Å². The Morgan fingerprint density at radius 1 is 1.12 bits per heavy atom. The highest BCUT2D eigenvalue weighted by Gasteiger charge is 2.04. The summed E-state index contributed by atoms with van der Waals surface area (Å²) in [5.41, 5.74) is 3.56. The third-order valence-corrected chi connectivity index (χ3v) is 3.34. The van der Waals surface area contributed by atoms with E-state index in [1.165, 1.54) is 11.1 Å². The van der Waals surface area contributed by atoms with Gasteiger partial charge in [-0.05, 0) is 12.5 Å². The first-order valence-corrected chi connectivity index (χ1v) is 6.22. The van der Waals surface area contributed by atoms with Gasteiger partial charge in [-0.25, -0.2) is 9.67 Å². The van der Waals surface area contributed by atoms with Gasteiger partial charge in [0, 0.05) is 23.3 Å². The SMILES string of the molecule is Cc1ccc(-c2cnn(-c3nccs3)c2)cc1. The molecular formula is C13H11N3S. The molecule has 0 N–H and O–H groups in total. The van der Waals surface area contributed by atoms with Crippen molar-refractivity contribution in [3.05, 3.63) is 53.8 Å². The molecule has 0 aliphatic rings. The Kier molecular flexibility index (Phi) is 2.49. The smallest absolute Gasteiger partial charge is 0.210 e. The number of hydrogen-bond acceptors (Lipinski definition) is 3. The van der Waals surface area contributed by atoms with Gasteiger partial charge in [0.05, 0.1) is 6.20 Å². The average molecular weight is 241 g/mol. The van der Waals surface area contributed by atoms with E-state index < -0.39 is 0 Å². The lowest BCUT2D eigenvalue weighted by molar-refractivity contribution is 0.870. The van der Waals surface area contributed by atoms with E-state index in [0.717, 1.165) is 10.7 Å². The van der Waals surface area contributed by atoms with Crippen molar-refractivity contribution in [2.45, 2.75) is 6.92 Å². The molecule has 0 unspecified atom stereocenters. The fourth-order valence-corrected chi connectivity index (χ4v) is 2.22. The number of nitrogens with zero attached hydrogens (tertiary/aromatic N) is 3. The van der Waals surface area contributed by atoms with Crippen molar-refractivity contribution < 1.29 is 0 Å². The van der Waals surface area contributed by atoms with Crippen LogP contribution in [0.25, 0.3) is 16.3 Å². The first-order valence-electron chi connectivity index (χ1n) is 5.34. The second kappa shape index (κ2) is 4.14. The Bertz CT molecular complexity index is 608. The van der Waals surface area contributed by atoms with Gasteiger partial charge < -0.3 is 0 Å². The van der Waals surface area contributed by atoms with Crippen LogP contribution >= 0.6 is 11.3 Å². The molecule has 0 atom stereocenters. The Balaban J connectivity index is 1.98. The van der Waals surface area contributed by atoms with Gasteiger partial charge in [-0.2, -0.15) is 5.10 Å². The molecule has 2 heterocycles. The largest absolute Gasteiger partial charge is 0.227 e. The van der Waals surface area contributed by atoms with Crippen LogP contribution in [0.5, 0.6) is 0 Å². The summed E-state index contributed by atoms with van der Waals surface area (Å²) in [4.78, 5) is 4.23. The standard InChI is InChI=1S/C13H11N3S/c1-10-2-4-11(5-3-10)12-8-15-16(9-12)13-14-6-7-17-13/h2-9H,1H3. The van der Waals surface area contributed by atoms with E-state index in [0.29, 0.717) is 0 Å². The Labute approximate surface area is 103 Å². The molecule has 2 aromatic heterocycles. The van der Waals surface area contributed by atoms with Crippen molar-refractivity contribution >= 4 is 11.3 Å². The zero-order chi connectivity index (χ0) is 11.7. The topological polar surface area (TPSA) is 30.7 Å². The molecule has 4 heteroatoms. The fourth-order valence-electron chi connectivity index (χ4n) is 1.65. The normalized spacial score (nSPS) is 10.6. The van der Waals surface area contributed by atoms with Gasteiger partial charge in [-0.3, -0.25) is 0 Å². The van der Waals surface area contributed by atoms with E-state index in [-0.39, 0.29) is 0 Å². The minimum Gasteiger partial charge on any atom is -0.227 e. The van der Waals surface area contributed by atoms with Gasteiger partial charge >= 0.3 is 0 Å². The van der Waals surface area contributed by atoms with E-state index >= 15 is 0 Å². The molecule has 1 aromatic carbocycles. The van der Waals surface area contributed by atoms with Crippen LogP contribution in [0.15, 0.2) is 48.2 Å². The Hall–Kier alpha value is -1.94. The molecule has 0 amide bonds. The van der Waals surface area contributed by atoms with Crippen LogP contribution in [0.3, 0.4) is 0 Å². The van der Waals surface area contributed by atoms with E-state index in [1.54, 1.807) is 22.2 Å². The maximum Gasteiger partial charge on any atom is 0.210 e. The van der Waals surface area contributed by atoms with Crippen LogP contribution in [-0.2, 0) is 0 Å². The van der Waals surface area contributed by atoms with Crippen molar-refractivity contribution in [3.63, 3.8) is 0 Å². The van der Waals surface area contributed by atoms with Gasteiger partial charge in [-0.15, -0.1) is 11.3 Å². The molecule has 0 aliphatic heterocycles. The highest BCUT2D eigenvalue weighted by atomic mass is 32.1. The third-order valence-electron chi connectivity index (χ3n) is 2.58. The van der Waals surface area contributed by atoms with Crippen molar-refractivity contribution in [1.29, 1.82) is 0 Å². The summed E-state index contributed by atoms with van der Waals surface area (Å²) >= 11 is 1.58. The highest BCUT2D eigenvalue weighted by molar-refractivity contribution is 7.12. The first kappa shape index (κ1) is 10.2. The molecular weight excluding hydrogens is 230 g/mol. The minimum absolute atomic E-state index is 0.892. The number of thiazole rings is 1. The van der Waals surface area contributed by atoms with Crippen molar-refractivity contribution in [2.24, 2.45) is 0 Å². The summed E-state index contributed by atoms with van der Waals surface area (Å²) in [6.45, 7) is 2.09. The molecule has 0 saturated heterocycles. The molecule has 3 nitrogen and oxygen atoms in total. The molecule has 3 rings (SSSR count). The third kappa shape index (κ3) is 1.99. The lowest BCUT2D eigenvalue weighted by Crippen LogP contribution is -1.91. The Morgan fingerprint density at radius 2 is 1.94 bits per heavy atom. The average Bonchev–Trinajstić information content (AvgIpc) is 3.00. The minimum atomic E-state index is 0.892. The molecule has 0 fully saturated rings. The second-order valence-electron chi connectivity index (χ2n) is 3.85. The van der Waals surface area contributed by atoms with Crippen LogP contribution in [-0.4, -0.2) is 14.8 Å². The predicted molar refractivity (Wildman–Crippen MR) is 69.4 cm³/mol. The maximum atomic E-state index is 4.32. The van der Waals surface area contributed by atoms with E-state index in [4.69, 9.17) is 0 Å². The van der Waals surface area contributed by atoms with E-state index in [1.807, 2.05) is 17.8 Å². The summed E-state index contributed by atoms with van der Waals surface area (Å²) in [5, 5.41) is 7.16. The fraction of sp³-hybridized carbons (Fsp3) is 0.0769. The van der Waals surface area contributed by atoms with Crippen LogP contribution in [0, 0.1) is 6.92 Å². The molecule has 0 bridgehead atoms. The lowest BCUT2D eigenvalue weighted by Gasteiger charge is -1.97. The molecule has 84 valence electrons. The van der Waals surface area contributed by atoms with Gasteiger partial charge in [0.15, 0.2) is 0 Å². The van der Waals surface area contributed by atoms with E-state index in [9.17, 15) is 0 Å². The Morgan fingerprint density at radius 3 is 2.65 bits per heavy atom. The van der Waals surface area contributed by atoms with Crippen molar-refractivity contribution in [1.82, 2.24) is 14.8 Å². The van der Waals surface area contributed by atoms with Crippen LogP contribution in [0.4, 0.5) is 0 Å². The molecule has 0 radical (unpaired) electrons. The van der Waals surface area contributed by atoms with Gasteiger partial charge in [0.1, 0.15) is 0 Å². The summed E-state index contributed by atoms with van der Waals surface area (Å²) in [5.74, 6) is 0. The molecule has 0 saturated carbocycles. The van der Waals surface area contributed by atoms with Crippen molar-refractivity contribution in [3.8, 4) is 16.3 Å². The number of benzene rings is 1. The van der Waals surface area contributed by atoms with Crippen LogP contribution in [0.1, 0.15) is 5.56 Å². The molecule has 0 spiro atoms. The number of aryl methyl sites for hydroxylation is 1. The summed E-state index contributed by atoms with van der Waals surface area (Å²) in [6, 6.07) is 8.43. The predicted octanol–water partition coefficient (Wildman–Crippen LogP) is 3.30. The molecule has 17 heavy (non-hydrogen) atoms. The van der Waals surface area contributed by atoms with Gasteiger partial charge in [0.2, 0.25) is 5.13 Å². The summed E-state index contributed by atoms with van der Waals surface area (Å²) < 4.78 is 1.81. The molecule has 0 aliphatic carbocycles. The monoisotopic (exact) mass is 241 g/mol.